The first-order valence-electron chi connectivity index (χ1n) is 4.84. The van der Waals surface area contributed by atoms with Crippen molar-refractivity contribution in [3.05, 3.63) is 64.6 Å². The molecule has 0 spiro atoms. The van der Waals surface area contributed by atoms with Crippen LogP contribution in [0, 0.1) is 0 Å². The molecule has 1 heterocycles. The number of hydrogen-bond acceptors (Lipinski definition) is 1. The molecule has 0 atom stereocenters. The zero-order valence-electron chi connectivity index (χ0n) is 8.61. The normalized spacial score (nSPS) is 11.5. The van der Waals surface area contributed by atoms with Crippen LogP contribution in [0.2, 0.25) is 0 Å². The first kappa shape index (κ1) is 11.4. The molecule has 88 valence electrons. The molecule has 17 heavy (non-hydrogen) atoms. The van der Waals surface area contributed by atoms with Crippen molar-refractivity contribution in [3.63, 3.8) is 0 Å². The Labute approximate surface area is 94.9 Å². The van der Waals surface area contributed by atoms with Crippen molar-refractivity contribution in [1.82, 2.24) is 4.57 Å². The van der Waals surface area contributed by atoms with Gasteiger partial charge in [-0.3, -0.25) is 9.36 Å². The lowest BCUT2D eigenvalue weighted by Gasteiger charge is -2.09. The van der Waals surface area contributed by atoms with Crippen LogP contribution in [0.15, 0.2) is 53.5 Å². The zero-order chi connectivity index (χ0) is 12.5. The van der Waals surface area contributed by atoms with E-state index in [2.05, 4.69) is 0 Å². The molecule has 2 aromatic rings. The first-order valence-corrected chi connectivity index (χ1v) is 4.84. The molecule has 0 bridgehead atoms. The lowest BCUT2D eigenvalue weighted by molar-refractivity contribution is -0.137. The van der Waals surface area contributed by atoms with E-state index in [1.807, 2.05) is 0 Å². The molecule has 2 rings (SSSR count). The van der Waals surface area contributed by atoms with Crippen molar-refractivity contribution in [2.75, 3.05) is 0 Å². The maximum absolute atomic E-state index is 12.5. The van der Waals surface area contributed by atoms with E-state index in [4.69, 9.17) is 0 Å². The Morgan fingerprint density at radius 3 is 2.41 bits per heavy atom. The molecule has 0 saturated heterocycles. The Morgan fingerprint density at radius 1 is 1.00 bits per heavy atom. The minimum Gasteiger partial charge on any atom is -0.284 e. The smallest absolute Gasteiger partial charge is 0.284 e. The highest BCUT2D eigenvalue weighted by Crippen LogP contribution is 2.29. The molecule has 0 fully saturated rings. The Bertz CT molecular complexity index is 587. The van der Waals surface area contributed by atoms with E-state index in [-0.39, 0.29) is 11.2 Å². The van der Waals surface area contributed by atoms with E-state index in [0.717, 1.165) is 16.7 Å². The number of benzene rings is 1. The minimum absolute atomic E-state index is 0.199. The third-order valence-electron chi connectivity index (χ3n) is 2.27. The highest BCUT2D eigenvalue weighted by atomic mass is 19.4. The summed E-state index contributed by atoms with van der Waals surface area (Å²) in [5.74, 6) is 0. The average Bonchev–Trinajstić information content (AvgIpc) is 2.29. The van der Waals surface area contributed by atoms with Crippen LogP contribution >= 0.6 is 0 Å². The van der Waals surface area contributed by atoms with Crippen LogP contribution in [0.4, 0.5) is 13.2 Å². The Hall–Kier alpha value is -2.04. The summed E-state index contributed by atoms with van der Waals surface area (Å²) >= 11 is 0. The van der Waals surface area contributed by atoms with Gasteiger partial charge in [-0.2, -0.15) is 13.2 Å². The van der Waals surface area contributed by atoms with Gasteiger partial charge in [-0.15, -0.1) is 0 Å². The van der Waals surface area contributed by atoms with E-state index in [0.29, 0.717) is 0 Å². The summed E-state index contributed by atoms with van der Waals surface area (Å²) in [5.41, 5.74) is -0.942. The number of pyridine rings is 1. The van der Waals surface area contributed by atoms with Crippen LogP contribution in [-0.2, 0) is 6.18 Å². The summed E-state index contributed by atoms with van der Waals surface area (Å²) < 4.78 is 38.7. The second kappa shape index (κ2) is 4.08. The van der Waals surface area contributed by atoms with Crippen LogP contribution in [0.5, 0.6) is 0 Å². The molecule has 0 saturated carbocycles. The standard InChI is InChI=1S/C12H8F3NO/c13-12(14,15)9-4-3-5-10(8-9)16-7-2-1-6-11(16)17/h1-8H. The SMILES string of the molecule is O=c1ccccn1-c1cccc(C(F)(F)F)c1. The molecule has 2 nitrogen and oxygen atoms in total. The van der Waals surface area contributed by atoms with Gasteiger partial charge < -0.3 is 0 Å². The van der Waals surface area contributed by atoms with Gasteiger partial charge in [0.15, 0.2) is 0 Å². The summed E-state index contributed by atoms with van der Waals surface area (Å²) in [4.78, 5) is 11.5. The maximum Gasteiger partial charge on any atom is 0.416 e. The van der Waals surface area contributed by atoms with E-state index in [9.17, 15) is 18.0 Å². The largest absolute Gasteiger partial charge is 0.416 e. The number of rotatable bonds is 1. The van der Waals surface area contributed by atoms with Gasteiger partial charge in [-0.1, -0.05) is 12.1 Å². The second-order valence-electron chi connectivity index (χ2n) is 3.46. The number of halogens is 3. The third-order valence-corrected chi connectivity index (χ3v) is 2.27. The van der Waals surface area contributed by atoms with Crippen molar-refractivity contribution in [2.45, 2.75) is 6.18 Å². The van der Waals surface area contributed by atoms with Crippen molar-refractivity contribution in [3.8, 4) is 5.69 Å². The van der Waals surface area contributed by atoms with Crippen LogP contribution in [0.3, 0.4) is 0 Å². The van der Waals surface area contributed by atoms with Crippen LogP contribution in [0.1, 0.15) is 5.56 Å². The van der Waals surface area contributed by atoms with Crippen molar-refractivity contribution in [1.29, 1.82) is 0 Å². The topological polar surface area (TPSA) is 22.0 Å². The fourth-order valence-corrected chi connectivity index (χ4v) is 1.47. The third kappa shape index (κ3) is 2.38. The van der Waals surface area contributed by atoms with Crippen molar-refractivity contribution in [2.24, 2.45) is 0 Å². The number of alkyl halides is 3. The molecule has 0 aliphatic rings. The van der Waals surface area contributed by atoms with Gasteiger partial charge in [0, 0.05) is 18.0 Å². The highest BCUT2D eigenvalue weighted by molar-refractivity contribution is 5.37. The van der Waals surface area contributed by atoms with Crippen LogP contribution < -0.4 is 5.56 Å². The Balaban J connectivity index is 2.55. The molecule has 0 radical (unpaired) electrons. The number of hydrogen-bond donors (Lipinski definition) is 0. The summed E-state index contributed by atoms with van der Waals surface area (Å²) in [6.07, 6.45) is -2.98. The van der Waals surface area contributed by atoms with Gasteiger partial charge >= 0.3 is 6.18 Å². The van der Waals surface area contributed by atoms with Gasteiger partial charge in [0.25, 0.3) is 5.56 Å². The van der Waals surface area contributed by atoms with Crippen molar-refractivity contribution < 1.29 is 13.2 Å². The molecule has 0 N–H and O–H groups in total. The predicted octanol–water partition coefficient (Wildman–Crippen LogP) is 2.86. The fraction of sp³-hybridized carbons (Fsp3) is 0.0833. The van der Waals surface area contributed by atoms with Gasteiger partial charge in [-0.05, 0) is 24.3 Å². The lowest BCUT2D eigenvalue weighted by Crippen LogP contribution is -2.16. The molecule has 0 unspecified atom stereocenters. The summed E-state index contributed by atoms with van der Waals surface area (Å²) in [6, 6.07) is 9.06. The number of nitrogens with zero attached hydrogens (tertiary/aromatic N) is 1. The van der Waals surface area contributed by atoms with Crippen LogP contribution in [-0.4, -0.2) is 4.57 Å². The fourth-order valence-electron chi connectivity index (χ4n) is 1.47. The van der Waals surface area contributed by atoms with E-state index in [1.54, 1.807) is 6.07 Å². The minimum atomic E-state index is -4.41. The maximum atomic E-state index is 12.5. The molecular weight excluding hydrogens is 231 g/mol. The molecular formula is C12H8F3NO. The molecule has 0 aliphatic carbocycles. The van der Waals surface area contributed by atoms with Crippen LogP contribution in [0.25, 0.3) is 5.69 Å². The predicted molar refractivity (Wildman–Crippen MR) is 57.0 cm³/mol. The molecule has 0 amide bonds. The summed E-state index contributed by atoms with van der Waals surface area (Å²) in [5, 5.41) is 0. The van der Waals surface area contributed by atoms with E-state index >= 15 is 0 Å². The highest BCUT2D eigenvalue weighted by Gasteiger charge is 2.30. The Kier molecular flexibility index (Phi) is 2.75. The van der Waals surface area contributed by atoms with Crippen molar-refractivity contribution >= 4 is 0 Å². The van der Waals surface area contributed by atoms with Gasteiger partial charge in [-0.25, -0.2) is 0 Å². The monoisotopic (exact) mass is 239 g/mol. The van der Waals surface area contributed by atoms with Gasteiger partial charge in [0.1, 0.15) is 0 Å². The molecule has 1 aromatic heterocycles. The van der Waals surface area contributed by atoms with Gasteiger partial charge in [0.05, 0.1) is 5.56 Å². The quantitative estimate of drug-likeness (QED) is 0.750. The lowest BCUT2D eigenvalue weighted by atomic mass is 10.2. The van der Waals surface area contributed by atoms with Gasteiger partial charge in [0.2, 0.25) is 0 Å². The van der Waals surface area contributed by atoms with E-state index in [1.165, 1.54) is 30.5 Å². The molecule has 0 aliphatic heterocycles. The number of aromatic nitrogens is 1. The Morgan fingerprint density at radius 2 is 1.76 bits per heavy atom. The molecule has 5 heteroatoms. The second-order valence-corrected chi connectivity index (χ2v) is 3.46. The summed E-state index contributed by atoms with van der Waals surface area (Å²) in [6.45, 7) is 0. The summed E-state index contributed by atoms with van der Waals surface area (Å²) in [7, 11) is 0. The average molecular weight is 239 g/mol. The molecule has 1 aromatic carbocycles. The zero-order valence-corrected chi connectivity index (χ0v) is 8.61. The van der Waals surface area contributed by atoms with E-state index < -0.39 is 11.7 Å². The first-order chi connectivity index (χ1) is 7.98.